The van der Waals surface area contributed by atoms with E-state index in [9.17, 15) is 9.59 Å². The molecule has 1 aromatic carbocycles. The van der Waals surface area contributed by atoms with Crippen LogP contribution in [0.2, 0.25) is 5.02 Å². The SMILES string of the molecule is C=CC(=CN=C(CCC1CCNC(=O)C1)C(=C)C)C(=O)Nc1ccncc1Nc1ccc(Cl)cc1. The Labute approximate surface area is 211 Å². The molecule has 0 aliphatic carbocycles. The minimum Gasteiger partial charge on any atom is -0.356 e. The molecule has 1 fully saturated rings. The van der Waals surface area contributed by atoms with Gasteiger partial charge in [0.15, 0.2) is 0 Å². The molecule has 0 bridgehead atoms. The van der Waals surface area contributed by atoms with Gasteiger partial charge in [0.05, 0.1) is 23.1 Å². The molecular formula is C27H30ClN5O2. The molecule has 3 rings (SSSR count). The Morgan fingerprint density at radius 2 is 2.06 bits per heavy atom. The van der Waals surface area contributed by atoms with Gasteiger partial charge in [-0.05, 0) is 68.0 Å². The fraction of sp³-hybridized carbons (Fsp3) is 0.259. The van der Waals surface area contributed by atoms with E-state index in [2.05, 4.69) is 39.1 Å². The van der Waals surface area contributed by atoms with Crippen LogP contribution in [0.25, 0.3) is 0 Å². The number of amides is 2. The Hall–Kier alpha value is -3.71. The third kappa shape index (κ3) is 7.93. The summed E-state index contributed by atoms with van der Waals surface area (Å²) in [5, 5.41) is 9.61. The highest BCUT2D eigenvalue weighted by atomic mass is 35.5. The molecule has 2 heterocycles. The molecule has 35 heavy (non-hydrogen) atoms. The number of carbonyl (C=O) groups is 2. The minimum atomic E-state index is -0.348. The molecule has 1 atom stereocenters. The van der Waals surface area contributed by atoms with Crippen molar-refractivity contribution in [1.29, 1.82) is 0 Å². The number of piperidine rings is 1. The highest BCUT2D eigenvalue weighted by Crippen LogP contribution is 2.26. The minimum absolute atomic E-state index is 0.0987. The van der Waals surface area contributed by atoms with E-state index in [-0.39, 0.29) is 11.8 Å². The molecule has 2 aromatic rings. The number of nitrogens with zero attached hydrogens (tertiary/aromatic N) is 2. The van der Waals surface area contributed by atoms with Crippen molar-refractivity contribution in [2.45, 2.75) is 32.6 Å². The van der Waals surface area contributed by atoms with Gasteiger partial charge in [0.2, 0.25) is 5.91 Å². The van der Waals surface area contributed by atoms with Crippen molar-refractivity contribution < 1.29 is 9.59 Å². The normalized spacial score (nSPS) is 16.3. The number of nitrogens with one attached hydrogen (secondary N) is 3. The van der Waals surface area contributed by atoms with Crippen molar-refractivity contribution in [3.63, 3.8) is 0 Å². The molecular weight excluding hydrogens is 462 g/mol. The summed E-state index contributed by atoms with van der Waals surface area (Å²) in [4.78, 5) is 33.3. The van der Waals surface area contributed by atoms with E-state index >= 15 is 0 Å². The predicted octanol–water partition coefficient (Wildman–Crippen LogP) is 5.81. The predicted molar refractivity (Wildman–Crippen MR) is 143 cm³/mol. The average Bonchev–Trinajstić information content (AvgIpc) is 2.83. The van der Waals surface area contributed by atoms with Gasteiger partial charge in [-0.2, -0.15) is 0 Å². The number of carbonyl (C=O) groups excluding carboxylic acids is 2. The van der Waals surface area contributed by atoms with Gasteiger partial charge in [-0.3, -0.25) is 19.6 Å². The lowest BCUT2D eigenvalue weighted by atomic mass is 9.91. The number of hydrogen-bond acceptors (Lipinski definition) is 5. The first-order valence-corrected chi connectivity index (χ1v) is 11.8. The Morgan fingerprint density at radius 3 is 2.74 bits per heavy atom. The first kappa shape index (κ1) is 25.9. The van der Waals surface area contributed by atoms with Crippen LogP contribution >= 0.6 is 11.6 Å². The van der Waals surface area contributed by atoms with E-state index in [1.807, 2.05) is 19.1 Å². The van der Waals surface area contributed by atoms with Gasteiger partial charge in [0, 0.05) is 41.8 Å². The topological polar surface area (TPSA) is 95.5 Å². The lowest BCUT2D eigenvalue weighted by molar-refractivity contribution is -0.123. The van der Waals surface area contributed by atoms with Crippen LogP contribution < -0.4 is 16.0 Å². The summed E-state index contributed by atoms with van der Waals surface area (Å²) in [6, 6.07) is 8.93. The van der Waals surface area contributed by atoms with Crippen LogP contribution in [0.5, 0.6) is 0 Å². The highest BCUT2D eigenvalue weighted by Gasteiger charge is 2.19. The van der Waals surface area contributed by atoms with Gasteiger partial charge in [-0.15, -0.1) is 0 Å². The molecule has 8 heteroatoms. The van der Waals surface area contributed by atoms with Crippen LogP contribution in [0.1, 0.15) is 32.6 Å². The van der Waals surface area contributed by atoms with Crippen LogP contribution in [-0.2, 0) is 9.59 Å². The molecule has 182 valence electrons. The van der Waals surface area contributed by atoms with Gasteiger partial charge < -0.3 is 16.0 Å². The average molecular weight is 492 g/mol. The fourth-order valence-corrected chi connectivity index (χ4v) is 3.79. The summed E-state index contributed by atoms with van der Waals surface area (Å²) in [5.41, 5.74) is 3.95. The molecule has 2 amide bonds. The first-order valence-electron chi connectivity index (χ1n) is 11.5. The summed E-state index contributed by atoms with van der Waals surface area (Å²) in [5.74, 6) is 0.0819. The van der Waals surface area contributed by atoms with Gasteiger partial charge >= 0.3 is 0 Å². The van der Waals surface area contributed by atoms with Gasteiger partial charge in [0.25, 0.3) is 5.91 Å². The summed E-state index contributed by atoms with van der Waals surface area (Å²) in [6.07, 6.45) is 9.24. The van der Waals surface area contributed by atoms with Crippen LogP contribution in [0, 0.1) is 5.92 Å². The molecule has 0 spiro atoms. The number of halogens is 1. The number of pyridine rings is 1. The summed E-state index contributed by atoms with van der Waals surface area (Å²) in [7, 11) is 0. The highest BCUT2D eigenvalue weighted by molar-refractivity contribution is 6.30. The fourth-order valence-electron chi connectivity index (χ4n) is 3.67. The maximum Gasteiger partial charge on any atom is 0.257 e. The summed E-state index contributed by atoms with van der Waals surface area (Å²) < 4.78 is 0. The van der Waals surface area contributed by atoms with E-state index in [4.69, 9.17) is 11.6 Å². The van der Waals surface area contributed by atoms with Crippen molar-refractivity contribution in [3.8, 4) is 0 Å². The lowest BCUT2D eigenvalue weighted by Crippen LogP contribution is -2.33. The van der Waals surface area contributed by atoms with Crippen molar-refractivity contribution in [1.82, 2.24) is 10.3 Å². The quantitative estimate of drug-likeness (QED) is 0.222. The maximum atomic E-state index is 13.0. The van der Waals surface area contributed by atoms with E-state index < -0.39 is 0 Å². The Bertz CT molecular complexity index is 1150. The van der Waals surface area contributed by atoms with Crippen molar-refractivity contribution in [3.05, 3.63) is 84.3 Å². The third-order valence-corrected chi connectivity index (χ3v) is 5.92. The van der Waals surface area contributed by atoms with Crippen molar-refractivity contribution in [2.24, 2.45) is 10.9 Å². The lowest BCUT2D eigenvalue weighted by Gasteiger charge is -2.22. The Kier molecular flexibility index (Phi) is 9.38. The molecule has 3 N–H and O–H groups in total. The molecule has 1 aliphatic rings. The molecule has 0 saturated carbocycles. The third-order valence-electron chi connectivity index (χ3n) is 5.66. The molecule has 1 aliphatic heterocycles. The second kappa shape index (κ2) is 12.7. The van der Waals surface area contributed by atoms with E-state index in [1.165, 1.54) is 12.3 Å². The Morgan fingerprint density at radius 1 is 1.29 bits per heavy atom. The number of hydrogen-bond donors (Lipinski definition) is 3. The van der Waals surface area contributed by atoms with E-state index in [1.54, 1.807) is 30.6 Å². The zero-order valence-corrected chi connectivity index (χ0v) is 20.6. The largest absolute Gasteiger partial charge is 0.356 e. The van der Waals surface area contributed by atoms with Gasteiger partial charge in [-0.25, -0.2) is 0 Å². The zero-order chi connectivity index (χ0) is 25.2. The second-order valence-electron chi connectivity index (χ2n) is 8.40. The summed E-state index contributed by atoms with van der Waals surface area (Å²) in [6.45, 7) is 10.4. The molecule has 7 nitrogen and oxygen atoms in total. The van der Waals surface area contributed by atoms with Crippen LogP contribution in [0.4, 0.5) is 17.1 Å². The number of allylic oxidation sites excluding steroid dienone is 1. The second-order valence-corrected chi connectivity index (χ2v) is 8.84. The van der Waals surface area contributed by atoms with Crippen LogP contribution in [0.15, 0.2) is 84.3 Å². The van der Waals surface area contributed by atoms with Gasteiger partial charge in [-0.1, -0.05) is 30.8 Å². The number of aromatic nitrogens is 1. The number of benzene rings is 1. The van der Waals surface area contributed by atoms with E-state index in [0.717, 1.165) is 29.8 Å². The number of rotatable bonds is 10. The van der Waals surface area contributed by atoms with Crippen LogP contribution in [-0.4, -0.2) is 29.1 Å². The van der Waals surface area contributed by atoms with E-state index in [0.29, 0.717) is 47.3 Å². The van der Waals surface area contributed by atoms with Crippen molar-refractivity contribution in [2.75, 3.05) is 17.2 Å². The molecule has 1 saturated heterocycles. The van der Waals surface area contributed by atoms with Gasteiger partial charge in [0.1, 0.15) is 0 Å². The number of aliphatic imine (C=N–C) groups is 1. The summed E-state index contributed by atoms with van der Waals surface area (Å²) >= 11 is 5.96. The monoisotopic (exact) mass is 491 g/mol. The molecule has 1 aromatic heterocycles. The maximum absolute atomic E-state index is 13.0. The Balaban J connectivity index is 1.70. The van der Waals surface area contributed by atoms with Crippen molar-refractivity contribution >= 4 is 46.2 Å². The van der Waals surface area contributed by atoms with Crippen LogP contribution in [0.3, 0.4) is 0 Å². The molecule has 1 unspecified atom stereocenters. The standard InChI is InChI=1S/C27H30ClN5O2/c1-4-20(16-31-23(18(2)3)10-5-19-11-14-30-26(34)15-19)27(35)33-24-12-13-29-17-25(24)32-22-8-6-21(28)7-9-22/h4,6-9,12-13,16-17,19,32H,1-2,5,10-11,14-15H2,3H3,(H,30,34)(H,29,33,35). The molecule has 0 radical (unpaired) electrons. The number of anilines is 3. The smallest absolute Gasteiger partial charge is 0.257 e. The zero-order valence-electron chi connectivity index (χ0n) is 19.8. The first-order chi connectivity index (χ1) is 16.9.